The van der Waals surface area contributed by atoms with E-state index in [0.717, 1.165) is 16.3 Å². The number of Topliss-reactive ketones (excluding diaryl/α,β-unsaturated/α-hetero) is 1. The van der Waals surface area contributed by atoms with Crippen LogP contribution in [0.2, 0.25) is 0 Å². The molecule has 4 rings (SSSR count). The lowest BCUT2D eigenvalue weighted by Crippen LogP contribution is -2.05. The summed E-state index contributed by atoms with van der Waals surface area (Å²) in [6.45, 7) is 0. The zero-order valence-electron chi connectivity index (χ0n) is 10.9. The Bertz CT molecular complexity index is 631. The monoisotopic (exact) mass is 251 g/mol. The fraction of sp³-hybridized carbons (Fsp3) is 0.412. The zero-order chi connectivity index (χ0) is 12.8. The molecular weight excluding hydrogens is 234 g/mol. The second kappa shape index (κ2) is 4.16. The minimum absolute atomic E-state index is 0.299. The van der Waals surface area contributed by atoms with Gasteiger partial charge in [-0.15, -0.1) is 0 Å². The third-order valence-corrected chi connectivity index (χ3v) is 4.91. The minimum Gasteiger partial charge on any atom is -0.294 e. The summed E-state index contributed by atoms with van der Waals surface area (Å²) in [5.41, 5.74) is 0.880. The van der Waals surface area contributed by atoms with Crippen LogP contribution < -0.4 is 0 Å². The average Bonchev–Trinajstić information content (AvgIpc) is 3.20. The van der Waals surface area contributed by atoms with Gasteiger partial charge in [-0.1, -0.05) is 31.0 Å². The van der Waals surface area contributed by atoms with Crippen LogP contribution in [0.25, 0.3) is 10.8 Å². The first-order valence-corrected chi connectivity index (χ1v) is 7.23. The molecule has 19 heavy (non-hydrogen) atoms. The van der Waals surface area contributed by atoms with Gasteiger partial charge in [-0.05, 0) is 36.1 Å². The van der Waals surface area contributed by atoms with Gasteiger partial charge in [0.05, 0.1) is 0 Å². The number of nitrogens with zero attached hydrogens (tertiary/aromatic N) is 1. The number of hydrogen-bond donors (Lipinski definition) is 0. The largest absolute Gasteiger partial charge is 0.294 e. The SMILES string of the molecule is O=C(c1cccc2ccncc12)C1C2CCCCC21. The zero-order valence-corrected chi connectivity index (χ0v) is 10.9. The van der Waals surface area contributed by atoms with Crippen LogP contribution in [0.3, 0.4) is 0 Å². The number of fused-ring (bicyclic) bond motifs is 2. The van der Waals surface area contributed by atoms with Crippen LogP contribution in [0.5, 0.6) is 0 Å². The fourth-order valence-electron chi connectivity index (χ4n) is 3.89. The molecule has 2 aromatic rings. The molecule has 2 aliphatic rings. The van der Waals surface area contributed by atoms with Crippen LogP contribution in [0.15, 0.2) is 36.7 Å². The summed E-state index contributed by atoms with van der Waals surface area (Å²) in [7, 11) is 0. The summed E-state index contributed by atoms with van der Waals surface area (Å²) >= 11 is 0. The molecule has 2 heteroatoms. The fourth-order valence-corrected chi connectivity index (χ4v) is 3.89. The molecule has 1 aromatic heterocycles. The maximum absolute atomic E-state index is 12.8. The molecule has 2 aliphatic carbocycles. The Morgan fingerprint density at radius 2 is 1.89 bits per heavy atom. The van der Waals surface area contributed by atoms with Gasteiger partial charge in [0.15, 0.2) is 5.78 Å². The van der Waals surface area contributed by atoms with E-state index in [-0.39, 0.29) is 0 Å². The lowest BCUT2D eigenvalue weighted by molar-refractivity contribution is 0.0958. The van der Waals surface area contributed by atoms with Gasteiger partial charge < -0.3 is 0 Å². The van der Waals surface area contributed by atoms with E-state index in [0.29, 0.717) is 23.5 Å². The van der Waals surface area contributed by atoms with Crippen molar-refractivity contribution in [2.75, 3.05) is 0 Å². The minimum atomic E-state index is 0.299. The number of carbonyl (C=O) groups excluding carboxylic acids is 1. The normalized spacial score (nSPS) is 28.9. The molecule has 0 amide bonds. The first-order chi connectivity index (χ1) is 9.36. The number of aromatic nitrogens is 1. The quantitative estimate of drug-likeness (QED) is 0.759. The molecule has 2 saturated carbocycles. The number of carbonyl (C=O) groups is 1. The topological polar surface area (TPSA) is 30.0 Å². The van der Waals surface area contributed by atoms with Crippen molar-refractivity contribution in [3.63, 3.8) is 0 Å². The van der Waals surface area contributed by atoms with E-state index in [9.17, 15) is 4.79 Å². The molecule has 2 fully saturated rings. The van der Waals surface area contributed by atoms with E-state index in [2.05, 4.69) is 4.98 Å². The molecule has 0 spiro atoms. The van der Waals surface area contributed by atoms with Gasteiger partial charge in [-0.2, -0.15) is 0 Å². The Morgan fingerprint density at radius 3 is 2.68 bits per heavy atom. The third kappa shape index (κ3) is 1.70. The van der Waals surface area contributed by atoms with Crippen LogP contribution >= 0.6 is 0 Å². The van der Waals surface area contributed by atoms with E-state index in [1.54, 1.807) is 6.20 Å². The smallest absolute Gasteiger partial charge is 0.167 e. The number of hydrogen-bond acceptors (Lipinski definition) is 2. The molecule has 96 valence electrons. The van der Waals surface area contributed by atoms with Crippen LogP contribution in [0.4, 0.5) is 0 Å². The summed E-state index contributed by atoms with van der Waals surface area (Å²) in [5.74, 6) is 2.00. The first kappa shape index (κ1) is 11.2. The molecular formula is C17H17NO. The summed E-state index contributed by atoms with van der Waals surface area (Å²) in [5, 5.41) is 2.13. The van der Waals surface area contributed by atoms with E-state index >= 15 is 0 Å². The van der Waals surface area contributed by atoms with Gasteiger partial charge in [-0.25, -0.2) is 0 Å². The molecule has 0 N–H and O–H groups in total. The predicted octanol–water partition coefficient (Wildman–Crippen LogP) is 3.85. The summed E-state index contributed by atoms with van der Waals surface area (Å²) in [6.07, 6.45) is 8.74. The number of benzene rings is 1. The van der Waals surface area contributed by atoms with E-state index in [4.69, 9.17) is 0 Å². The van der Waals surface area contributed by atoms with Crippen molar-refractivity contribution in [2.45, 2.75) is 25.7 Å². The van der Waals surface area contributed by atoms with Gasteiger partial charge >= 0.3 is 0 Å². The molecule has 0 radical (unpaired) electrons. The molecule has 2 atom stereocenters. The Morgan fingerprint density at radius 1 is 1.11 bits per heavy atom. The molecule has 2 unspecified atom stereocenters. The van der Waals surface area contributed by atoms with Gasteiger partial charge in [-0.3, -0.25) is 9.78 Å². The maximum Gasteiger partial charge on any atom is 0.167 e. The van der Waals surface area contributed by atoms with Gasteiger partial charge in [0.25, 0.3) is 0 Å². The maximum atomic E-state index is 12.8. The highest BCUT2D eigenvalue weighted by molar-refractivity contribution is 6.10. The average molecular weight is 251 g/mol. The van der Waals surface area contributed by atoms with Crippen molar-refractivity contribution < 1.29 is 4.79 Å². The first-order valence-electron chi connectivity index (χ1n) is 7.23. The van der Waals surface area contributed by atoms with Crippen molar-refractivity contribution in [3.8, 4) is 0 Å². The molecule has 2 nitrogen and oxygen atoms in total. The lowest BCUT2D eigenvalue weighted by atomic mass is 9.99. The third-order valence-electron chi connectivity index (χ3n) is 4.91. The summed E-state index contributed by atoms with van der Waals surface area (Å²) < 4.78 is 0. The highest BCUT2D eigenvalue weighted by Gasteiger charge is 2.54. The van der Waals surface area contributed by atoms with Crippen LogP contribution in [0, 0.1) is 17.8 Å². The standard InChI is InChI=1S/C17H17NO/c19-17(16-12-5-1-2-6-13(12)16)14-7-3-4-11-8-9-18-10-15(11)14/h3-4,7-10,12-13,16H,1-2,5-6H2. The van der Waals surface area contributed by atoms with E-state index in [1.165, 1.54) is 25.7 Å². The van der Waals surface area contributed by atoms with Crippen molar-refractivity contribution in [2.24, 2.45) is 17.8 Å². The number of rotatable bonds is 2. The van der Waals surface area contributed by atoms with Gasteiger partial charge in [0.2, 0.25) is 0 Å². The highest BCUT2D eigenvalue weighted by atomic mass is 16.1. The van der Waals surface area contributed by atoms with Gasteiger partial charge in [0, 0.05) is 29.3 Å². The predicted molar refractivity (Wildman–Crippen MR) is 75.0 cm³/mol. The second-order valence-corrected chi connectivity index (χ2v) is 5.90. The molecule has 0 bridgehead atoms. The van der Waals surface area contributed by atoms with Crippen molar-refractivity contribution in [1.29, 1.82) is 0 Å². The van der Waals surface area contributed by atoms with Crippen LogP contribution in [-0.2, 0) is 0 Å². The molecule has 0 aliphatic heterocycles. The Balaban J connectivity index is 1.73. The van der Waals surface area contributed by atoms with Crippen LogP contribution in [-0.4, -0.2) is 10.8 Å². The van der Waals surface area contributed by atoms with E-state index in [1.807, 2.05) is 30.5 Å². The van der Waals surface area contributed by atoms with Crippen LogP contribution in [0.1, 0.15) is 36.0 Å². The molecule has 1 heterocycles. The second-order valence-electron chi connectivity index (χ2n) is 5.90. The Hall–Kier alpha value is -1.70. The van der Waals surface area contributed by atoms with E-state index < -0.39 is 0 Å². The highest BCUT2D eigenvalue weighted by Crippen LogP contribution is 2.56. The van der Waals surface area contributed by atoms with Crippen molar-refractivity contribution in [1.82, 2.24) is 4.98 Å². The molecule has 0 saturated heterocycles. The number of pyridine rings is 1. The lowest BCUT2D eigenvalue weighted by Gasteiger charge is -2.04. The molecule has 1 aromatic carbocycles. The Labute approximate surface area is 112 Å². The number of ketones is 1. The Kier molecular flexibility index (Phi) is 2.44. The summed E-state index contributed by atoms with van der Waals surface area (Å²) in [4.78, 5) is 16.9. The van der Waals surface area contributed by atoms with Crippen molar-refractivity contribution in [3.05, 3.63) is 42.2 Å². The van der Waals surface area contributed by atoms with Crippen molar-refractivity contribution >= 4 is 16.6 Å². The summed E-state index contributed by atoms with van der Waals surface area (Å²) in [6, 6.07) is 7.98. The van der Waals surface area contributed by atoms with Gasteiger partial charge in [0.1, 0.15) is 0 Å².